The van der Waals surface area contributed by atoms with Crippen LogP contribution < -0.4 is 5.32 Å². The molecular weight excluding hydrogens is 310 g/mol. The van der Waals surface area contributed by atoms with Gasteiger partial charge in [-0.3, -0.25) is 4.79 Å². The van der Waals surface area contributed by atoms with Crippen LogP contribution in [-0.2, 0) is 11.2 Å². The highest BCUT2D eigenvalue weighted by atomic mass is 16.2. The number of piperidine rings is 2. The molecule has 4 heteroatoms. The van der Waals surface area contributed by atoms with Gasteiger partial charge >= 0.3 is 0 Å². The van der Waals surface area contributed by atoms with Crippen molar-refractivity contribution in [2.24, 2.45) is 11.8 Å². The van der Waals surface area contributed by atoms with Gasteiger partial charge in [0.25, 0.3) is 0 Å². The third-order valence-electron chi connectivity index (χ3n) is 6.67. The number of nitrogens with zero attached hydrogens (tertiary/aromatic N) is 2. The zero-order valence-corrected chi connectivity index (χ0v) is 15.6. The minimum atomic E-state index is 0.0302. The summed E-state index contributed by atoms with van der Waals surface area (Å²) in [6.45, 7) is 4.30. The molecule has 3 aliphatic rings. The van der Waals surface area contributed by atoms with E-state index in [0.717, 1.165) is 25.4 Å². The van der Waals surface area contributed by atoms with Crippen LogP contribution in [0.1, 0.15) is 36.3 Å². The smallest absolute Gasteiger partial charge is 0.239 e. The second-order valence-electron chi connectivity index (χ2n) is 8.40. The Morgan fingerprint density at radius 1 is 1.08 bits per heavy atom. The van der Waals surface area contributed by atoms with Crippen molar-refractivity contribution in [2.45, 2.75) is 37.6 Å². The SMILES string of the molecule is CN1CCC(Cc2ccc(C3CN(C)C(=O)C4NCCC43)cc2)CC1. The van der Waals surface area contributed by atoms with Gasteiger partial charge < -0.3 is 15.1 Å². The van der Waals surface area contributed by atoms with Gasteiger partial charge in [0.05, 0.1) is 6.04 Å². The number of hydrogen-bond donors (Lipinski definition) is 1. The molecule has 3 heterocycles. The van der Waals surface area contributed by atoms with Gasteiger partial charge in [0.15, 0.2) is 0 Å². The molecular formula is C21H31N3O. The average Bonchev–Trinajstić information content (AvgIpc) is 3.11. The summed E-state index contributed by atoms with van der Waals surface area (Å²) in [4.78, 5) is 16.7. The van der Waals surface area contributed by atoms with E-state index in [9.17, 15) is 4.79 Å². The fourth-order valence-electron chi connectivity index (χ4n) is 5.04. The second kappa shape index (κ2) is 7.08. The number of hydrogen-bond acceptors (Lipinski definition) is 3. The zero-order valence-electron chi connectivity index (χ0n) is 15.6. The van der Waals surface area contributed by atoms with Crippen LogP contribution in [0.4, 0.5) is 0 Å². The van der Waals surface area contributed by atoms with Gasteiger partial charge in [0, 0.05) is 19.5 Å². The Labute approximate surface area is 151 Å². The summed E-state index contributed by atoms with van der Waals surface area (Å²) in [5.74, 6) is 2.05. The van der Waals surface area contributed by atoms with Crippen molar-refractivity contribution >= 4 is 5.91 Å². The zero-order chi connectivity index (χ0) is 17.4. The predicted molar refractivity (Wildman–Crippen MR) is 101 cm³/mol. The summed E-state index contributed by atoms with van der Waals surface area (Å²) in [6.07, 6.45) is 4.98. The summed E-state index contributed by atoms with van der Waals surface area (Å²) in [5.41, 5.74) is 2.88. The molecule has 3 aliphatic heterocycles. The normalized spacial score (nSPS) is 31.4. The number of benzene rings is 1. The maximum atomic E-state index is 12.3. The van der Waals surface area contributed by atoms with Crippen LogP contribution in [0.2, 0.25) is 0 Å². The predicted octanol–water partition coefficient (Wildman–Crippen LogP) is 2.10. The van der Waals surface area contributed by atoms with Crippen molar-refractivity contribution in [3.63, 3.8) is 0 Å². The van der Waals surface area contributed by atoms with Crippen molar-refractivity contribution in [1.82, 2.24) is 15.1 Å². The minimum absolute atomic E-state index is 0.0302. The molecule has 3 atom stereocenters. The molecule has 1 aromatic rings. The lowest BCUT2D eigenvalue weighted by molar-refractivity contribution is -0.136. The van der Waals surface area contributed by atoms with Crippen molar-refractivity contribution in [3.8, 4) is 0 Å². The molecule has 0 spiro atoms. The monoisotopic (exact) mass is 341 g/mol. The summed E-state index contributed by atoms with van der Waals surface area (Å²) in [7, 11) is 4.17. The van der Waals surface area contributed by atoms with Crippen molar-refractivity contribution in [3.05, 3.63) is 35.4 Å². The molecule has 3 fully saturated rings. The van der Waals surface area contributed by atoms with Crippen molar-refractivity contribution < 1.29 is 4.79 Å². The molecule has 1 amide bonds. The van der Waals surface area contributed by atoms with Crippen LogP contribution in [-0.4, -0.2) is 62.0 Å². The summed E-state index contributed by atoms with van der Waals surface area (Å²) < 4.78 is 0. The molecule has 0 saturated carbocycles. The van der Waals surface area contributed by atoms with Gasteiger partial charge in [0.1, 0.15) is 0 Å². The Kier molecular flexibility index (Phi) is 4.83. The maximum Gasteiger partial charge on any atom is 0.239 e. The van der Waals surface area contributed by atoms with E-state index in [2.05, 4.69) is 41.5 Å². The minimum Gasteiger partial charge on any atom is -0.344 e. The average molecular weight is 341 g/mol. The number of likely N-dealkylation sites (tertiary alicyclic amines) is 2. The lowest BCUT2D eigenvalue weighted by Crippen LogP contribution is -2.52. The molecule has 25 heavy (non-hydrogen) atoms. The first-order valence-electron chi connectivity index (χ1n) is 9.87. The van der Waals surface area contributed by atoms with E-state index in [4.69, 9.17) is 0 Å². The summed E-state index contributed by atoms with van der Waals surface area (Å²) in [6, 6.07) is 9.35. The molecule has 136 valence electrons. The fraction of sp³-hybridized carbons (Fsp3) is 0.667. The van der Waals surface area contributed by atoms with E-state index in [1.54, 1.807) is 0 Å². The van der Waals surface area contributed by atoms with Crippen LogP contribution in [0.25, 0.3) is 0 Å². The van der Waals surface area contributed by atoms with Gasteiger partial charge in [-0.25, -0.2) is 0 Å². The fourth-order valence-corrected chi connectivity index (χ4v) is 5.04. The summed E-state index contributed by atoms with van der Waals surface area (Å²) in [5, 5.41) is 3.41. The number of amides is 1. The van der Waals surface area contributed by atoms with Gasteiger partial charge in [0.2, 0.25) is 5.91 Å². The molecule has 0 aliphatic carbocycles. The largest absolute Gasteiger partial charge is 0.344 e. The molecule has 3 saturated heterocycles. The molecule has 3 unspecified atom stereocenters. The Hall–Kier alpha value is -1.39. The van der Waals surface area contributed by atoms with Crippen LogP contribution in [0.5, 0.6) is 0 Å². The van der Waals surface area contributed by atoms with Crippen LogP contribution in [0, 0.1) is 11.8 Å². The van der Waals surface area contributed by atoms with E-state index in [0.29, 0.717) is 11.8 Å². The van der Waals surface area contributed by atoms with Crippen LogP contribution >= 0.6 is 0 Å². The Morgan fingerprint density at radius 3 is 2.52 bits per heavy atom. The highest BCUT2D eigenvalue weighted by Crippen LogP contribution is 2.37. The molecule has 4 nitrogen and oxygen atoms in total. The first-order valence-corrected chi connectivity index (χ1v) is 9.87. The highest BCUT2D eigenvalue weighted by molar-refractivity contribution is 5.83. The van der Waals surface area contributed by atoms with E-state index in [-0.39, 0.29) is 11.9 Å². The molecule has 1 N–H and O–H groups in total. The number of fused-ring (bicyclic) bond motifs is 1. The highest BCUT2D eigenvalue weighted by Gasteiger charge is 2.44. The van der Waals surface area contributed by atoms with Gasteiger partial charge in [-0.1, -0.05) is 24.3 Å². The topological polar surface area (TPSA) is 35.6 Å². The van der Waals surface area contributed by atoms with E-state index < -0.39 is 0 Å². The Bertz CT molecular complexity index is 606. The molecule has 0 aromatic heterocycles. The van der Waals surface area contributed by atoms with Gasteiger partial charge in [-0.2, -0.15) is 0 Å². The first-order chi connectivity index (χ1) is 12.1. The number of carbonyl (C=O) groups is 1. The third kappa shape index (κ3) is 3.47. The van der Waals surface area contributed by atoms with Gasteiger partial charge in [-0.05, 0) is 75.3 Å². The maximum absolute atomic E-state index is 12.3. The molecule has 4 rings (SSSR count). The van der Waals surface area contributed by atoms with E-state index >= 15 is 0 Å². The Balaban J connectivity index is 1.44. The summed E-state index contributed by atoms with van der Waals surface area (Å²) >= 11 is 0. The van der Waals surface area contributed by atoms with Crippen molar-refractivity contribution in [1.29, 1.82) is 0 Å². The Morgan fingerprint density at radius 2 is 1.80 bits per heavy atom. The number of rotatable bonds is 3. The second-order valence-corrected chi connectivity index (χ2v) is 8.40. The number of nitrogens with one attached hydrogen (secondary N) is 1. The van der Waals surface area contributed by atoms with Crippen LogP contribution in [0.3, 0.4) is 0 Å². The van der Waals surface area contributed by atoms with Crippen LogP contribution in [0.15, 0.2) is 24.3 Å². The van der Waals surface area contributed by atoms with Gasteiger partial charge in [-0.15, -0.1) is 0 Å². The molecule has 0 bridgehead atoms. The molecule has 0 radical (unpaired) electrons. The number of carbonyl (C=O) groups excluding carboxylic acids is 1. The van der Waals surface area contributed by atoms with E-state index in [1.807, 2.05) is 11.9 Å². The quantitative estimate of drug-likeness (QED) is 0.915. The standard InChI is InChI=1S/C21H31N3O/c1-23-11-8-16(9-12-23)13-15-3-5-17(6-4-15)19-14-24(2)21(25)20-18(19)7-10-22-20/h3-6,16,18-20,22H,7-14H2,1-2H3. The van der Waals surface area contributed by atoms with E-state index in [1.165, 1.54) is 43.5 Å². The lowest BCUT2D eigenvalue weighted by Gasteiger charge is -2.38. The first kappa shape index (κ1) is 17.0. The van der Waals surface area contributed by atoms with Crippen molar-refractivity contribution in [2.75, 3.05) is 40.3 Å². The molecule has 1 aromatic carbocycles. The number of likely N-dealkylation sites (N-methyl/N-ethyl adjacent to an activating group) is 1. The lowest BCUT2D eigenvalue weighted by atomic mass is 9.77. The third-order valence-corrected chi connectivity index (χ3v) is 6.67.